The fraction of sp³-hybridized carbons (Fsp3) is 0.520. The lowest BCUT2D eigenvalue weighted by molar-refractivity contribution is -0.143. The van der Waals surface area contributed by atoms with Gasteiger partial charge in [0.1, 0.15) is 75.1 Å². The Morgan fingerprint density at radius 3 is 1.56 bits per heavy atom. The van der Waals surface area contributed by atoms with Gasteiger partial charge in [0.05, 0.1) is 24.8 Å². The van der Waals surface area contributed by atoms with E-state index >= 15 is 4.79 Å². The zero-order valence-corrected chi connectivity index (χ0v) is 78.3. The maximum absolute atomic E-state index is 15.1. The van der Waals surface area contributed by atoms with Crippen molar-refractivity contribution < 1.29 is 121 Å². The molecule has 3 amide bonds. The lowest BCUT2D eigenvalue weighted by Crippen LogP contribution is -2.42. The number of benzene rings is 5. The van der Waals surface area contributed by atoms with Crippen molar-refractivity contribution in [2.45, 2.75) is 226 Å². The van der Waals surface area contributed by atoms with Crippen LogP contribution in [-0.4, -0.2) is 166 Å². The van der Waals surface area contributed by atoms with Crippen LogP contribution in [0.4, 0.5) is 0 Å². The Balaban J connectivity index is 1.33. The fourth-order valence-electron chi connectivity index (χ4n) is 16.8. The second kappa shape index (κ2) is 53.6. The number of aliphatic carboxylic acids is 4. The molecule has 2 bridgehead atoms. The second-order valence-electron chi connectivity index (χ2n) is 36.2. The Labute approximate surface area is 776 Å². The highest BCUT2D eigenvalue weighted by Gasteiger charge is 2.41. The molecule has 131 heavy (non-hydrogen) atoms. The lowest BCUT2D eigenvalue weighted by atomic mass is 9.71. The van der Waals surface area contributed by atoms with Crippen LogP contribution in [0.3, 0.4) is 0 Å². The Bertz CT molecular complexity index is 4960. The normalized spacial score (nSPS) is 19.7. The van der Waals surface area contributed by atoms with Crippen LogP contribution in [0.1, 0.15) is 217 Å². The van der Waals surface area contributed by atoms with E-state index in [1.54, 1.807) is 76.2 Å². The number of hydrogen-bond donors (Lipinski definition) is 8. The first-order chi connectivity index (χ1) is 61.8. The third kappa shape index (κ3) is 37.8. The van der Waals surface area contributed by atoms with E-state index in [0.717, 1.165) is 10.8 Å². The number of carbonyl (C=O) groups is 20. The van der Waals surface area contributed by atoms with E-state index in [1.165, 1.54) is 87.2 Å². The van der Waals surface area contributed by atoms with Crippen LogP contribution < -0.4 is 16.8 Å². The number of fused-ring (bicyclic) bond motifs is 3. The molecule has 0 aliphatic carbocycles. The largest absolute Gasteiger partial charge is 0.508 e. The number of thioether (sulfide) groups is 3. The molecule has 0 saturated heterocycles. The molecule has 0 spiro atoms. The zero-order chi connectivity index (χ0) is 97.1. The minimum absolute atomic E-state index is 0.0462. The number of nitrogens with two attached hydrogens (primary N) is 2. The number of ketones is 13. The molecule has 1 heterocycles. The van der Waals surface area contributed by atoms with Crippen molar-refractivity contribution in [1.29, 1.82) is 0 Å². The molecule has 0 saturated carbocycles. The molecule has 5 aromatic carbocycles. The zero-order valence-electron chi connectivity index (χ0n) is 75.8. The monoisotopic (exact) mass is 1860 g/mol. The highest BCUT2D eigenvalue weighted by Crippen LogP contribution is 2.38. The Hall–Kier alpha value is -10.8. The minimum Gasteiger partial charge on any atom is -0.508 e. The van der Waals surface area contributed by atoms with Gasteiger partial charge in [-0.05, 0) is 107 Å². The van der Waals surface area contributed by atoms with Crippen molar-refractivity contribution in [3.05, 3.63) is 149 Å². The first kappa shape index (κ1) is 109. The third-order valence-electron chi connectivity index (χ3n) is 24.5. The van der Waals surface area contributed by atoms with Gasteiger partial charge in [-0.2, -0.15) is 35.3 Å². The molecule has 28 nitrogen and oxygen atoms in total. The van der Waals surface area contributed by atoms with Gasteiger partial charge < -0.3 is 42.3 Å². The third-order valence-corrected chi connectivity index (χ3v) is 28.0. The Morgan fingerprint density at radius 1 is 0.489 bits per heavy atom. The molecule has 14 atom stereocenters. The predicted molar refractivity (Wildman–Crippen MR) is 496 cm³/mol. The smallest absolute Gasteiger partial charge is 0.304 e. The second-order valence-corrected chi connectivity index (χ2v) is 39.3. The van der Waals surface area contributed by atoms with Gasteiger partial charge in [-0.15, -0.1) is 0 Å². The molecule has 0 fully saturated rings. The Kier molecular flexibility index (Phi) is 44.6. The molecular formula is C100H125N3O25S3. The van der Waals surface area contributed by atoms with Crippen LogP contribution in [0.25, 0.3) is 10.8 Å². The average molecular weight is 1870 g/mol. The van der Waals surface area contributed by atoms with Gasteiger partial charge in [0, 0.05) is 209 Å². The fourth-order valence-corrected chi connectivity index (χ4v) is 20.0. The number of hydrogen-bond acceptors (Lipinski definition) is 24. The number of phenolic OH excluding ortho intramolecular Hbond substituents is 1. The highest BCUT2D eigenvalue weighted by molar-refractivity contribution is 7.99. The van der Waals surface area contributed by atoms with Crippen LogP contribution in [0.2, 0.25) is 0 Å². The summed E-state index contributed by atoms with van der Waals surface area (Å²) < 4.78 is 0. The first-order valence-corrected chi connectivity index (χ1v) is 47.9. The summed E-state index contributed by atoms with van der Waals surface area (Å²) >= 11 is 3.69. The van der Waals surface area contributed by atoms with Gasteiger partial charge in [-0.3, -0.25) is 95.9 Å². The SMILES string of the molecule is CC[C@H](CC(=O)O)C(=O)C[C@H](Cc1ccccc1)C(=O)C[C@H](Cc1ccc(O)cc1)C(=O)C[C@H](CC(=O)O)C(=O)C[C@@H](C(=O)C[C@H](CSCc1cc2cc(c1)CSC[C@@H](NC(C)=O)C(=O)C[C@@H](C)C(=O)C[C@H](CC(N)=O)C(=O)C[C@H](CCC(=O)O)C(=O)C[C@H](Cc1cccc3ccccc13)C(=O)C[C@@H](C)C(=O)C[C@@H](C(=O)C[C@H](CCC(=O)O)C(C)=O)CSC2)C(N)=O)C(C)(C)C. The van der Waals surface area contributed by atoms with Gasteiger partial charge in [-0.1, -0.05) is 145 Å². The molecule has 31 heteroatoms. The molecule has 1 aliphatic rings. The van der Waals surface area contributed by atoms with E-state index in [2.05, 4.69) is 5.32 Å². The number of carboxylic acid groups (broad SMARTS) is 4. The van der Waals surface area contributed by atoms with Gasteiger partial charge in [-0.25, -0.2) is 0 Å². The van der Waals surface area contributed by atoms with Crippen LogP contribution in [0.15, 0.2) is 115 Å². The lowest BCUT2D eigenvalue weighted by Gasteiger charge is -2.31. The molecule has 0 unspecified atom stereocenters. The quantitative estimate of drug-likeness (QED) is 0.0179. The number of phenols is 1. The molecule has 5 aromatic rings. The number of aromatic hydroxyl groups is 1. The maximum atomic E-state index is 15.1. The molecule has 708 valence electrons. The van der Waals surface area contributed by atoms with Crippen LogP contribution >= 0.6 is 35.3 Å². The number of carbonyl (C=O) groups excluding carboxylic acids is 16. The van der Waals surface area contributed by atoms with E-state index in [1.807, 2.05) is 42.5 Å². The Morgan fingerprint density at radius 2 is 0.992 bits per heavy atom. The number of rotatable bonds is 44. The minimum atomic E-state index is -1.53. The van der Waals surface area contributed by atoms with Crippen LogP contribution in [-0.2, 0) is 132 Å². The first-order valence-electron chi connectivity index (χ1n) is 44.5. The van der Waals surface area contributed by atoms with Crippen molar-refractivity contribution in [2.75, 3.05) is 17.3 Å². The van der Waals surface area contributed by atoms with Crippen LogP contribution in [0.5, 0.6) is 5.75 Å². The number of amides is 3. The molecule has 0 aromatic heterocycles. The molecular weight excluding hydrogens is 1740 g/mol. The van der Waals surface area contributed by atoms with Gasteiger partial charge >= 0.3 is 23.9 Å². The summed E-state index contributed by atoms with van der Waals surface area (Å²) in [6, 6.07) is 31.6. The van der Waals surface area contributed by atoms with Crippen molar-refractivity contribution in [3.8, 4) is 5.75 Å². The van der Waals surface area contributed by atoms with Crippen molar-refractivity contribution in [2.24, 2.45) is 93.8 Å². The van der Waals surface area contributed by atoms with E-state index in [9.17, 15) is 117 Å². The summed E-state index contributed by atoms with van der Waals surface area (Å²) in [6.45, 7) is 12.0. The average Bonchev–Trinajstić information content (AvgIpc) is 0.807. The van der Waals surface area contributed by atoms with Crippen molar-refractivity contribution in [1.82, 2.24) is 5.32 Å². The molecule has 6 rings (SSSR count). The van der Waals surface area contributed by atoms with Crippen molar-refractivity contribution >= 4 is 163 Å². The highest BCUT2D eigenvalue weighted by atomic mass is 32.2. The van der Waals surface area contributed by atoms with E-state index in [4.69, 9.17) is 11.5 Å². The predicted octanol–water partition coefficient (Wildman–Crippen LogP) is 13.1. The van der Waals surface area contributed by atoms with Gasteiger partial charge in [0.15, 0.2) is 5.78 Å². The summed E-state index contributed by atoms with van der Waals surface area (Å²) in [7, 11) is 0. The molecule has 0 radical (unpaired) electrons. The van der Waals surface area contributed by atoms with E-state index in [0.29, 0.717) is 33.4 Å². The summed E-state index contributed by atoms with van der Waals surface area (Å²) in [5, 5.41) is 53.9. The summed E-state index contributed by atoms with van der Waals surface area (Å²) in [5.41, 5.74) is 14.5. The number of nitrogens with one attached hydrogen (secondary N) is 1. The summed E-state index contributed by atoms with van der Waals surface area (Å²) in [6.07, 6.45) is -9.66. The van der Waals surface area contributed by atoms with E-state index < -0.39 is 308 Å². The van der Waals surface area contributed by atoms with E-state index in [-0.39, 0.29) is 85.2 Å². The maximum Gasteiger partial charge on any atom is 0.304 e. The topological polar surface area (TPSA) is 507 Å². The van der Waals surface area contributed by atoms with Gasteiger partial charge in [0.25, 0.3) is 0 Å². The number of primary amides is 2. The summed E-state index contributed by atoms with van der Waals surface area (Å²) in [4.78, 5) is 276. The number of Topliss-reactive ketones (excluding diaryl/α,β-unsaturated/α-hetero) is 13. The molecule has 10 N–H and O–H groups in total. The van der Waals surface area contributed by atoms with Crippen molar-refractivity contribution in [3.63, 3.8) is 0 Å². The molecule has 1 aliphatic heterocycles. The summed E-state index contributed by atoms with van der Waals surface area (Å²) in [5.74, 6) is -30.5. The number of carboxylic acids is 4. The van der Waals surface area contributed by atoms with Gasteiger partial charge in [0.2, 0.25) is 17.7 Å². The standard InChI is InChI=1S/C100H125N3O25S3/c1-9-66(48-97(124)125)85(110)41-71(35-61-16-11-10-12-17-61)88(113)42-72(36-62-22-26-78(106)27-23-62)89(114)44-75(49-98(126)127)91(116)50-80(100(6,7)8)92(117)46-77(99(102)128)55-130-52-64-32-63-33-65(34-64)53-131-56-81(103-60(5)105)93(118)31-58(3)82(107)40-74(47-94(101)119)87(112)39-70(25-29-96(122)123)86(111)43-73(37-69-20-15-19-67-18-13-14-21-79(67)69)84(109)30-57(2)83(108)45-76(54-129-51-63)90(115)38-68(59(4)104)24-28-95(120)121/h10-23,26-27,32-34,57-58,66,68,70-77,80-81,106H,9,24-25,28-31,35-56H2,1-8H3,(H2,101,119)(H2,102,128)(H,103,105)(H,120,121)(H,122,123)(H,124,125)(H,126,127)/t57-,58-,66-,68+,70+,71+,72+,73+,74-,75-,76-,77-,80+,81-/m1/s1. The van der Waals surface area contributed by atoms with Crippen LogP contribution in [0, 0.1) is 82.3 Å².